The lowest BCUT2D eigenvalue weighted by Crippen LogP contribution is -2.51. The minimum absolute atomic E-state index is 0.100. The number of H-pyrrole nitrogens is 1. The van der Waals surface area contributed by atoms with Crippen LogP contribution in [0.2, 0.25) is 0 Å². The average molecular weight is 455 g/mol. The van der Waals surface area contributed by atoms with Gasteiger partial charge in [-0.05, 0) is 33.6 Å². The van der Waals surface area contributed by atoms with Gasteiger partial charge in [-0.1, -0.05) is 49.6 Å². The summed E-state index contributed by atoms with van der Waals surface area (Å²) >= 11 is 0. The van der Waals surface area contributed by atoms with Crippen molar-refractivity contribution in [2.75, 3.05) is 26.2 Å². The third kappa shape index (κ3) is 5.15. The molecular weight excluding hydrogens is 420 g/mol. The van der Waals surface area contributed by atoms with E-state index in [0.717, 1.165) is 31.2 Å². The van der Waals surface area contributed by atoms with Gasteiger partial charge in [-0.15, -0.1) is 0 Å². The van der Waals surface area contributed by atoms with E-state index in [9.17, 15) is 14.4 Å². The zero-order valence-corrected chi connectivity index (χ0v) is 19.8. The van der Waals surface area contributed by atoms with Crippen LogP contribution in [0, 0.1) is 0 Å². The van der Waals surface area contributed by atoms with E-state index < -0.39 is 5.60 Å². The second-order valence-corrected chi connectivity index (χ2v) is 9.94. The number of amides is 2. The van der Waals surface area contributed by atoms with Crippen molar-refractivity contribution in [3.8, 4) is 11.3 Å². The first-order chi connectivity index (χ1) is 15.7. The lowest BCUT2D eigenvalue weighted by molar-refractivity contribution is 0.0140. The second-order valence-electron chi connectivity index (χ2n) is 9.94. The number of hydrogen-bond acceptors (Lipinski definition) is 4. The Balaban J connectivity index is 1.58. The van der Waals surface area contributed by atoms with Crippen LogP contribution < -0.4 is 5.69 Å². The number of ether oxygens (including phenoxy) is 1. The first-order valence-corrected chi connectivity index (χ1v) is 11.9. The van der Waals surface area contributed by atoms with Crippen molar-refractivity contribution >= 4 is 12.0 Å². The van der Waals surface area contributed by atoms with Crippen LogP contribution in [0.5, 0.6) is 0 Å². The average Bonchev–Trinajstić information content (AvgIpc) is 3.15. The highest BCUT2D eigenvalue weighted by atomic mass is 16.6. The Labute approximate surface area is 194 Å². The summed E-state index contributed by atoms with van der Waals surface area (Å²) in [5, 5.41) is 0. The van der Waals surface area contributed by atoms with Gasteiger partial charge in [0.15, 0.2) is 0 Å². The summed E-state index contributed by atoms with van der Waals surface area (Å²) in [6.45, 7) is 7.09. The minimum Gasteiger partial charge on any atom is -0.444 e. The standard InChI is InChI=1S/C25H34N4O4/c1-25(2,3)33-24(32)28-16-14-27(15-17-28)22(30)20-21(18-10-6-4-7-11-18)29(23(31)26-20)19-12-8-5-9-13-19/h4,6-7,10-11,19H,5,8-9,12-17H2,1-3H3,(H,26,31). The monoisotopic (exact) mass is 454 g/mol. The fourth-order valence-electron chi connectivity index (χ4n) is 4.75. The van der Waals surface area contributed by atoms with E-state index in [4.69, 9.17) is 4.74 Å². The number of aromatic nitrogens is 2. The van der Waals surface area contributed by atoms with Gasteiger partial charge in [0.05, 0.1) is 5.69 Å². The Morgan fingerprint density at radius 3 is 2.15 bits per heavy atom. The van der Waals surface area contributed by atoms with Crippen molar-refractivity contribution in [1.82, 2.24) is 19.4 Å². The first kappa shape index (κ1) is 23.1. The number of aromatic amines is 1. The molecular formula is C25H34N4O4. The molecule has 4 rings (SSSR count). The Hall–Kier alpha value is -3.03. The molecule has 2 fully saturated rings. The van der Waals surface area contributed by atoms with Gasteiger partial charge in [0.1, 0.15) is 11.3 Å². The van der Waals surface area contributed by atoms with E-state index in [0.29, 0.717) is 37.6 Å². The molecule has 0 unspecified atom stereocenters. The topological polar surface area (TPSA) is 87.6 Å². The van der Waals surface area contributed by atoms with Crippen molar-refractivity contribution in [3.63, 3.8) is 0 Å². The van der Waals surface area contributed by atoms with Crippen LogP contribution in [0.25, 0.3) is 11.3 Å². The zero-order chi connectivity index (χ0) is 23.6. The Morgan fingerprint density at radius 1 is 0.939 bits per heavy atom. The third-order valence-electron chi connectivity index (χ3n) is 6.35. The Bertz CT molecular complexity index is 1040. The Kier molecular flexibility index (Phi) is 6.63. The number of rotatable bonds is 3. The molecule has 1 N–H and O–H groups in total. The van der Waals surface area contributed by atoms with Crippen LogP contribution in [-0.2, 0) is 4.74 Å². The molecule has 1 saturated heterocycles. The van der Waals surface area contributed by atoms with Gasteiger partial charge < -0.3 is 19.5 Å². The third-order valence-corrected chi connectivity index (χ3v) is 6.35. The summed E-state index contributed by atoms with van der Waals surface area (Å²) in [6.07, 6.45) is 4.89. The van der Waals surface area contributed by atoms with Crippen molar-refractivity contribution in [2.24, 2.45) is 0 Å². The number of hydrogen-bond donors (Lipinski definition) is 1. The maximum Gasteiger partial charge on any atom is 0.410 e. The van der Waals surface area contributed by atoms with Gasteiger partial charge in [-0.25, -0.2) is 9.59 Å². The molecule has 8 nitrogen and oxygen atoms in total. The maximum atomic E-state index is 13.6. The van der Waals surface area contributed by atoms with Gasteiger partial charge in [0.25, 0.3) is 5.91 Å². The molecule has 33 heavy (non-hydrogen) atoms. The van der Waals surface area contributed by atoms with Crippen molar-refractivity contribution in [3.05, 3.63) is 46.5 Å². The highest BCUT2D eigenvalue weighted by Crippen LogP contribution is 2.33. The molecule has 1 aliphatic heterocycles. The molecule has 1 aromatic carbocycles. The molecule has 178 valence electrons. The summed E-state index contributed by atoms with van der Waals surface area (Å²) < 4.78 is 7.26. The smallest absolute Gasteiger partial charge is 0.410 e. The summed E-state index contributed by atoms with van der Waals surface area (Å²) in [5.41, 5.74) is 1.08. The van der Waals surface area contributed by atoms with E-state index in [2.05, 4.69) is 4.98 Å². The molecule has 0 atom stereocenters. The van der Waals surface area contributed by atoms with Crippen molar-refractivity contribution in [2.45, 2.75) is 64.5 Å². The summed E-state index contributed by atoms with van der Waals surface area (Å²) in [7, 11) is 0. The quantitative estimate of drug-likeness (QED) is 0.758. The van der Waals surface area contributed by atoms with Gasteiger partial charge in [-0.3, -0.25) is 9.36 Å². The number of carbonyl (C=O) groups is 2. The Morgan fingerprint density at radius 2 is 1.55 bits per heavy atom. The first-order valence-electron chi connectivity index (χ1n) is 11.9. The largest absolute Gasteiger partial charge is 0.444 e. The summed E-state index contributed by atoms with van der Waals surface area (Å²) in [5.74, 6) is -0.204. The lowest BCUT2D eigenvalue weighted by atomic mass is 9.94. The molecule has 2 heterocycles. The molecule has 0 radical (unpaired) electrons. The van der Waals surface area contributed by atoms with Gasteiger partial charge >= 0.3 is 11.8 Å². The van der Waals surface area contributed by atoms with Gasteiger partial charge in [0.2, 0.25) is 0 Å². The van der Waals surface area contributed by atoms with Crippen LogP contribution >= 0.6 is 0 Å². The van der Waals surface area contributed by atoms with Crippen molar-refractivity contribution < 1.29 is 14.3 Å². The number of imidazole rings is 1. The molecule has 2 amide bonds. The maximum absolute atomic E-state index is 13.6. The van der Waals surface area contributed by atoms with Gasteiger partial charge in [-0.2, -0.15) is 0 Å². The van der Waals surface area contributed by atoms with Gasteiger partial charge in [0, 0.05) is 37.8 Å². The SMILES string of the molecule is CC(C)(C)OC(=O)N1CCN(C(=O)c2[nH]c(=O)n(C3CCCCC3)c2-c2ccccc2)CC1. The number of carbonyl (C=O) groups excluding carboxylic acids is 2. The van der Waals surface area contributed by atoms with E-state index >= 15 is 0 Å². The van der Waals surface area contributed by atoms with Crippen molar-refractivity contribution in [1.29, 1.82) is 0 Å². The van der Waals surface area contributed by atoms with E-state index in [1.165, 1.54) is 6.42 Å². The number of nitrogens with one attached hydrogen (secondary N) is 1. The highest BCUT2D eigenvalue weighted by Gasteiger charge is 2.32. The molecule has 1 saturated carbocycles. The van der Waals surface area contributed by atoms with Crippen LogP contribution in [-0.4, -0.2) is 63.1 Å². The molecule has 0 spiro atoms. The molecule has 0 bridgehead atoms. The van der Waals surface area contributed by atoms with Crippen LogP contribution in [0.15, 0.2) is 35.1 Å². The van der Waals surface area contributed by atoms with Crippen LogP contribution in [0.1, 0.15) is 69.4 Å². The predicted molar refractivity (Wildman–Crippen MR) is 126 cm³/mol. The lowest BCUT2D eigenvalue weighted by Gasteiger charge is -2.35. The normalized spacial score (nSPS) is 17.8. The minimum atomic E-state index is -0.559. The predicted octanol–water partition coefficient (Wildman–Crippen LogP) is 4.04. The number of piperazine rings is 1. The molecule has 2 aliphatic rings. The van der Waals surface area contributed by atoms with E-state index in [1.807, 2.05) is 51.1 Å². The molecule has 8 heteroatoms. The number of nitrogens with zero attached hydrogens (tertiary/aromatic N) is 3. The number of benzene rings is 1. The van der Waals surface area contributed by atoms with E-state index in [-0.39, 0.29) is 23.7 Å². The summed E-state index contributed by atoms with van der Waals surface area (Å²) in [6, 6.07) is 9.76. The van der Waals surface area contributed by atoms with Crippen LogP contribution in [0.3, 0.4) is 0 Å². The van der Waals surface area contributed by atoms with E-state index in [1.54, 1.807) is 14.4 Å². The fourth-order valence-corrected chi connectivity index (χ4v) is 4.75. The second kappa shape index (κ2) is 9.45. The summed E-state index contributed by atoms with van der Waals surface area (Å²) in [4.78, 5) is 45.2. The molecule has 2 aromatic rings. The fraction of sp³-hybridized carbons (Fsp3) is 0.560. The molecule has 1 aromatic heterocycles. The highest BCUT2D eigenvalue weighted by molar-refractivity contribution is 5.98. The zero-order valence-electron chi connectivity index (χ0n) is 19.8. The molecule has 1 aliphatic carbocycles. The van der Waals surface area contributed by atoms with Crippen LogP contribution in [0.4, 0.5) is 4.79 Å².